The van der Waals surface area contributed by atoms with Crippen LogP contribution >= 0.6 is 24.0 Å². The second-order valence-electron chi connectivity index (χ2n) is 6.67. The maximum absolute atomic E-state index is 11.7. The number of carbonyl (C=O) groups excluding carboxylic acids is 1. The number of aryl methyl sites for hydroxylation is 1. The molecule has 1 saturated carbocycles. The minimum absolute atomic E-state index is 0. The number of rotatable bonds is 9. The van der Waals surface area contributed by atoms with E-state index in [0.29, 0.717) is 19.0 Å². The van der Waals surface area contributed by atoms with Crippen LogP contribution in [0.1, 0.15) is 63.6 Å². The third-order valence-corrected chi connectivity index (χ3v) is 4.36. The van der Waals surface area contributed by atoms with E-state index in [1.807, 2.05) is 0 Å². The van der Waals surface area contributed by atoms with Crippen molar-refractivity contribution in [2.45, 2.75) is 65.0 Å². The van der Waals surface area contributed by atoms with Crippen LogP contribution in [-0.2, 0) is 11.2 Å². The quantitative estimate of drug-likeness (QED) is 0.223. The Bertz CT molecular complexity index is 570. The van der Waals surface area contributed by atoms with Gasteiger partial charge in [0.25, 0.3) is 0 Å². The van der Waals surface area contributed by atoms with Crippen molar-refractivity contribution in [3.05, 3.63) is 35.4 Å². The summed E-state index contributed by atoms with van der Waals surface area (Å²) >= 11 is 0. The molecule has 1 unspecified atom stereocenters. The first kappa shape index (κ1) is 22.7. The first-order valence-electron chi connectivity index (χ1n) is 9.55. The van der Waals surface area contributed by atoms with Gasteiger partial charge in [0.2, 0.25) is 5.91 Å². The van der Waals surface area contributed by atoms with Crippen molar-refractivity contribution in [2.75, 3.05) is 13.1 Å². The molecule has 1 aromatic rings. The Hall–Kier alpha value is -1.31. The molecule has 6 heteroatoms. The third-order valence-electron chi connectivity index (χ3n) is 4.36. The first-order chi connectivity index (χ1) is 12.1. The Morgan fingerprint density at radius 1 is 1.23 bits per heavy atom. The molecule has 0 heterocycles. The van der Waals surface area contributed by atoms with Crippen LogP contribution in [0, 0.1) is 0 Å². The monoisotopic (exact) mass is 472 g/mol. The van der Waals surface area contributed by atoms with Gasteiger partial charge in [-0.1, -0.05) is 31.2 Å². The van der Waals surface area contributed by atoms with Gasteiger partial charge in [-0.2, -0.15) is 0 Å². The van der Waals surface area contributed by atoms with E-state index < -0.39 is 0 Å². The highest BCUT2D eigenvalue weighted by molar-refractivity contribution is 14.0. The molecule has 0 aliphatic heterocycles. The lowest BCUT2D eigenvalue weighted by Crippen LogP contribution is -2.38. The predicted octanol–water partition coefficient (Wildman–Crippen LogP) is 3.54. The molecule has 1 atom stereocenters. The molecular formula is C20H33IN4O. The van der Waals surface area contributed by atoms with Gasteiger partial charge in [0, 0.05) is 25.6 Å². The fraction of sp³-hybridized carbons (Fsp3) is 0.600. The summed E-state index contributed by atoms with van der Waals surface area (Å²) in [4.78, 5) is 16.3. The molecule has 1 amide bonds. The number of carbonyl (C=O) groups is 1. The van der Waals surface area contributed by atoms with Gasteiger partial charge >= 0.3 is 0 Å². The Morgan fingerprint density at radius 2 is 1.92 bits per heavy atom. The summed E-state index contributed by atoms with van der Waals surface area (Å²) in [7, 11) is 0. The summed E-state index contributed by atoms with van der Waals surface area (Å²) in [6.45, 7) is 7.82. The number of nitrogens with zero attached hydrogens (tertiary/aromatic N) is 1. The molecule has 1 fully saturated rings. The number of aliphatic imine (C=N–C) groups is 1. The molecule has 0 radical (unpaired) electrons. The number of hydrogen-bond donors (Lipinski definition) is 3. The molecule has 146 valence electrons. The molecule has 1 aromatic carbocycles. The number of nitrogens with one attached hydrogen (secondary N) is 3. The van der Waals surface area contributed by atoms with Crippen LogP contribution in [0.3, 0.4) is 0 Å². The molecule has 0 bridgehead atoms. The smallest absolute Gasteiger partial charge is 0.220 e. The minimum Gasteiger partial charge on any atom is -0.357 e. The van der Waals surface area contributed by atoms with Gasteiger partial charge in [-0.05, 0) is 50.7 Å². The molecule has 0 aromatic heterocycles. The van der Waals surface area contributed by atoms with Crippen molar-refractivity contribution in [1.82, 2.24) is 16.0 Å². The fourth-order valence-electron chi connectivity index (χ4n) is 2.61. The summed E-state index contributed by atoms with van der Waals surface area (Å²) < 4.78 is 0. The highest BCUT2D eigenvalue weighted by Gasteiger charge is 2.22. The molecule has 26 heavy (non-hydrogen) atoms. The van der Waals surface area contributed by atoms with E-state index in [1.54, 1.807) is 0 Å². The highest BCUT2D eigenvalue weighted by Crippen LogP contribution is 2.18. The number of guanidine groups is 1. The van der Waals surface area contributed by atoms with Gasteiger partial charge in [0.05, 0.1) is 6.04 Å². The molecule has 0 spiro atoms. The minimum atomic E-state index is 0. The average molecular weight is 472 g/mol. The SMILES string of the molecule is CCNC(=NCCCC(=O)NC1CC1)NC(C)c1ccc(CC)cc1.I. The van der Waals surface area contributed by atoms with Crippen LogP contribution in [0.4, 0.5) is 0 Å². The molecule has 3 N–H and O–H groups in total. The Kier molecular flexibility index (Phi) is 10.6. The van der Waals surface area contributed by atoms with E-state index in [4.69, 9.17) is 0 Å². The number of benzene rings is 1. The summed E-state index contributed by atoms with van der Waals surface area (Å²) in [5.41, 5.74) is 2.59. The van der Waals surface area contributed by atoms with Gasteiger partial charge in [-0.3, -0.25) is 9.79 Å². The Morgan fingerprint density at radius 3 is 2.50 bits per heavy atom. The van der Waals surface area contributed by atoms with Crippen LogP contribution < -0.4 is 16.0 Å². The lowest BCUT2D eigenvalue weighted by Gasteiger charge is -2.18. The molecule has 1 aliphatic rings. The van der Waals surface area contributed by atoms with Crippen LogP contribution in [0.5, 0.6) is 0 Å². The van der Waals surface area contributed by atoms with Crippen LogP contribution in [-0.4, -0.2) is 31.0 Å². The topological polar surface area (TPSA) is 65.5 Å². The van der Waals surface area contributed by atoms with Gasteiger partial charge in [-0.15, -0.1) is 24.0 Å². The Balaban J connectivity index is 0.00000338. The molecule has 5 nitrogen and oxygen atoms in total. The third kappa shape index (κ3) is 8.38. The van der Waals surface area contributed by atoms with Crippen molar-refractivity contribution < 1.29 is 4.79 Å². The zero-order valence-electron chi connectivity index (χ0n) is 16.2. The fourth-order valence-corrected chi connectivity index (χ4v) is 2.61. The lowest BCUT2D eigenvalue weighted by atomic mass is 10.1. The average Bonchev–Trinajstić information content (AvgIpc) is 3.42. The van der Waals surface area contributed by atoms with Crippen LogP contribution in [0.15, 0.2) is 29.3 Å². The molecule has 2 rings (SSSR count). The Labute approximate surface area is 174 Å². The molecular weight excluding hydrogens is 439 g/mol. The van der Waals surface area contributed by atoms with Gasteiger partial charge in [0.1, 0.15) is 0 Å². The van der Waals surface area contributed by atoms with Crippen LogP contribution in [0.2, 0.25) is 0 Å². The zero-order valence-corrected chi connectivity index (χ0v) is 18.5. The van der Waals surface area contributed by atoms with Gasteiger partial charge in [-0.25, -0.2) is 0 Å². The van der Waals surface area contributed by atoms with Crippen LogP contribution in [0.25, 0.3) is 0 Å². The highest BCUT2D eigenvalue weighted by atomic mass is 127. The number of amides is 1. The predicted molar refractivity (Wildman–Crippen MR) is 119 cm³/mol. The maximum atomic E-state index is 11.7. The van der Waals surface area contributed by atoms with E-state index in [9.17, 15) is 4.79 Å². The van der Waals surface area contributed by atoms with E-state index in [-0.39, 0.29) is 35.9 Å². The lowest BCUT2D eigenvalue weighted by molar-refractivity contribution is -0.121. The normalized spacial score (nSPS) is 15.0. The molecule has 0 saturated heterocycles. The van der Waals surface area contributed by atoms with E-state index >= 15 is 0 Å². The van der Waals surface area contributed by atoms with Gasteiger partial charge < -0.3 is 16.0 Å². The van der Waals surface area contributed by atoms with Crippen molar-refractivity contribution >= 4 is 35.8 Å². The standard InChI is InChI=1S/C20H32N4O.HI/c1-4-16-8-10-17(11-9-16)15(3)23-20(21-5-2)22-14-6-7-19(25)24-18-12-13-18;/h8-11,15,18H,4-7,12-14H2,1-3H3,(H,24,25)(H2,21,22,23);1H. The van der Waals surface area contributed by atoms with E-state index in [0.717, 1.165) is 38.2 Å². The number of halogens is 1. The van der Waals surface area contributed by atoms with Crippen molar-refractivity contribution in [1.29, 1.82) is 0 Å². The van der Waals surface area contributed by atoms with Crippen molar-refractivity contribution in [3.63, 3.8) is 0 Å². The molecule has 1 aliphatic carbocycles. The summed E-state index contributed by atoms with van der Waals surface area (Å²) in [6, 6.07) is 9.31. The van der Waals surface area contributed by atoms with Crippen molar-refractivity contribution in [3.8, 4) is 0 Å². The maximum Gasteiger partial charge on any atom is 0.220 e. The summed E-state index contributed by atoms with van der Waals surface area (Å²) in [5, 5.41) is 9.73. The largest absolute Gasteiger partial charge is 0.357 e. The second kappa shape index (κ2) is 12.1. The first-order valence-corrected chi connectivity index (χ1v) is 9.55. The zero-order chi connectivity index (χ0) is 18.1. The summed E-state index contributed by atoms with van der Waals surface area (Å²) in [5.74, 6) is 0.956. The number of hydrogen-bond acceptors (Lipinski definition) is 2. The van der Waals surface area contributed by atoms with E-state index in [2.05, 4.69) is 66.0 Å². The summed E-state index contributed by atoms with van der Waals surface area (Å²) in [6.07, 6.45) is 4.65. The van der Waals surface area contributed by atoms with Crippen molar-refractivity contribution in [2.24, 2.45) is 4.99 Å². The van der Waals surface area contributed by atoms with E-state index in [1.165, 1.54) is 11.1 Å². The van der Waals surface area contributed by atoms with Gasteiger partial charge in [0.15, 0.2) is 5.96 Å². The second-order valence-corrected chi connectivity index (χ2v) is 6.67.